The average molecular weight is 420 g/mol. The first-order valence-electron chi connectivity index (χ1n) is 9.25. The molecule has 30 heavy (non-hydrogen) atoms. The minimum absolute atomic E-state index is 0.0697. The van der Waals surface area contributed by atoms with Crippen molar-refractivity contribution in [1.29, 1.82) is 0 Å². The molecule has 0 fully saturated rings. The van der Waals surface area contributed by atoms with E-state index in [1.165, 1.54) is 23.7 Å². The summed E-state index contributed by atoms with van der Waals surface area (Å²) in [5, 5.41) is 14.5. The molecule has 0 bridgehead atoms. The minimum atomic E-state index is -0.394. The Labute approximate surface area is 174 Å². The molecule has 0 spiro atoms. The van der Waals surface area contributed by atoms with Gasteiger partial charge >= 0.3 is 5.97 Å². The number of rotatable bonds is 3. The second kappa shape index (κ2) is 7.03. The zero-order valence-electron chi connectivity index (χ0n) is 15.9. The number of hydrogen-bond donors (Lipinski definition) is 1. The molecule has 0 radical (unpaired) electrons. The van der Waals surface area contributed by atoms with Crippen molar-refractivity contribution in [2.75, 3.05) is 7.11 Å². The zero-order valence-corrected chi connectivity index (χ0v) is 16.7. The molecule has 1 atom stereocenters. The number of ether oxygens (including phenoxy) is 2. The third-order valence-corrected chi connectivity index (χ3v) is 6.02. The van der Waals surface area contributed by atoms with Crippen molar-refractivity contribution in [2.45, 2.75) is 12.3 Å². The third kappa shape index (κ3) is 2.86. The standard InChI is InChI=1S/C23H16O6S/c1-27-14-4-2-12(3-5-14)16-10-28-23-20-15(13-6-7-30-11-13)8-19(25)29-18(20)9-17(24)21(23)22(16)26/h2-7,9-11,15,24H,8H2,1H3/t15-/m0/s1. The van der Waals surface area contributed by atoms with E-state index in [1.54, 1.807) is 31.4 Å². The van der Waals surface area contributed by atoms with Gasteiger partial charge in [0.2, 0.25) is 5.43 Å². The van der Waals surface area contributed by atoms with Crippen LogP contribution >= 0.6 is 11.3 Å². The van der Waals surface area contributed by atoms with E-state index in [0.29, 0.717) is 22.4 Å². The number of esters is 1. The van der Waals surface area contributed by atoms with Gasteiger partial charge < -0.3 is 19.0 Å². The molecule has 0 unspecified atom stereocenters. The number of thiophene rings is 1. The Morgan fingerprint density at radius 1 is 1.17 bits per heavy atom. The molecule has 5 rings (SSSR count). The summed E-state index contributed by atoms with van der Waals surface area (Å²) in [5.74, 6) is -0.110. The van der Waals surface area contributed by atoms with Crippen LogP contribution < -0.4 is 14.9 Å². The maximum absolute atomic E-state index is 13.3. The van der Waals surface area contributed by atoms with E-state index in [0.717, 1.165) is 5.56 Å². The summed E-state index contributed by atoms with van der Waals surface area (Å²) in [6.45, 7) is 0. The van der Waals surface area contributed by atoms with Crippen LogP contribution in [-0.2, 0) is 4.79 Å². The van der Waals surface area contributed by atoms with E-state index in [2.05, 4.69) is 0 Å². The molecule has 2 aromatic heterocycles. The van der Waals surface area contributed by atoms with E-state index in [9.17, 15) is 14.7 Å². The predicted molar refractivity (Wildman–Crippen MR) is 113 cm³/mol. The van der Waals surface area contributed by atoms with Crippen LogP contribution in [0, 0.1) is 0 Å². The van der Waals surface area contributed by atoms with Gasteiger partial charge in [0.1, 0.15) is 34.5 Å². The zero-order chi connectivity index (χ0) is 20.8. The summed E-state index contributed by atoms with van der Waals surface area (Å²) in [6, 6.07) is 10.3. The monoisotopic (exact) mass is 420 g/mol. The van der Waals surface area contributed by atoms with Gasteiger partial charge in [-0.3, -0.25) is 9.59 Å². The topological polar surface area (TPSA) is 86.0 Å². The van der Waals surface area contributed by atoms with Crippen LogP contribution in [0.25, 0.3) is 22.1 Å². The predicted octanol–water partition coefficient (Wildman–Crippen LogP) is 4.68. The molecule has 1 N–H and O–H groups in total. The number of phenols is 1. The molecular weight excluding hydrogens is 404 g/mol. The molecule has 1 aliphatic rings. The van der Waals surface area contributed by atoms with Crippen LogP contribution in [0.3, 0.4) is 0 Å². The van der Waals surface area contributed by atoms with Crippen LogP contribution in [0.1, 0.15) is 23.5 Å². The highest BCUT2D eigenvalue weighted by Crippen LogP contribution is 2.45. The van der Waals surface area contributed by atoms with Crippen molar-refractivity contribution < 1.29 is 23.8 Å². The average Bonchev–Trinajstić information content (AvgIpc) is 3.28. The Bertz CT molecular complexity index is 1320. The van der Waals surface area contributed by atoms with Crippen LogP contribution in [0.5, 0.6) is 17.2 Å². The number of fused-ring (bicyclic) bond motifs is 3. The Morgan fingerprint density at radius 2 is 1.97 bits per heavy atom. The lowest BCUT2D eigenvalue weighted by Gasteiger charge is -2.25. The summed E-state index contributed by atoms with van der Waals surface area (Å²) in [5.41, 5.74) is 2.37. The lowest BCUT2D eigenvalue weighted by Crippen LogP contribution is -2.21. The molecule has 4 aromatic rings. The Balaban J connectivity index is 1.75. The van der Waals surface area contributed by atoms with Gasteiger partial charge in [-0.25, -0.2) is 0 Å². The van der Waals surface area contributed by atoms with E-state index >= 15 is 0 Å². The lowest BCUT2D eigenvalue weighted by molar-refractivity contribution is -0.135. The van der Waals surface area contributed by atoms with Gasteiger partial charge in [0, 0.05) is 17.5 Å². The smallest absolute Gasteiger partial charge is 0.312 e. The Morgan fingerprint density at radius 3 is 2.67 bits per heavy atom. The number of benzene rings is 2. The number of carbonyl (C=O) groups is 1. The second-order valence-corrected chi connectivity index (χ2v) is 7.79. The number of phenolic OH excluding ortho intramolecular Hbond substituents is 1. The number of methoxy groups -OCH3 is 1. The lowest BCUT2D eigenvalue weighted by atomic mass is 9.86. The van der Waals surface area contributed by atoms with Gasteiger partial charge in [0.05, 0.1) is 19.1 Å². The molecule has 2 aromatic carbocycles. The second-order valence-electron chi connectivity index (χ2n) is 7.01. The van der Waals surface area contributed by atoms with Crippen molar-refractivity contribution in [3.05, 3.63) is 74.8 Å². The first-order chi connectivity index (χ1) is 14.6. The molecule has 0 aliphatic carbocycles. The molecule has 0 saturated carbocycles. The molecule has 150 valence electrons. The Hall–Kier alpha value is -3.58. The maximum atomic E-state index is 13.3. The number of carbonyl (C=O) groups excluding carboxylic acids is 1. The van der Waals surface area contributed by atoms with Crippen molar-refractivity contribution in [2.24, 2.45) is 0 Å². The quantitative estimate of drug-likeness (QED) is 0.383. The fourth-order valence-corrected chi connectivity index (χ4v) is 4.57. The van der Waals surface area contributed by atoms with Gasteiger partial charge in [0.25, 0.3) is 0 Å². The maximum Gasteiger partial charge on any atom is 0.312 e. The van der Waals surface area contributed by atoms with Crippen molar-refractivity contribution in [3.8, 4) is 28.4 Å². The van der Waals surface area contributed by atoms with Crippen LogP contribution in [-0.4, -0.2) is 18.2 Å². The molecule has 1 aliphatic heterocycles. The van der Waals surface area contributed by atoms with E-state index in [-0.39, 0.29) is 40.2 Å². The van der Waals surface area contributed by atoms with Gasteiger partial charge in [0.15, 0.2) is 0 Å². The van der Waals surface area contributed by atoms with E-state index in [4.69, 9.17) is 13.9 Å². The minimum Gasteiger partial charge on any atom is -0.507 e. The van der Waals surface area contributed by atoms with Crippen LogP contribution in [0.15, 0.2) is 62.6 Å². The number of hydrogen-bond acceptors (Lipinski definition) is 7. The first-order valence-corrected chi connectivity index (χ1v) is 10.2. The molecular formula is C23H16O6S. The molecule has 3 heterocycles. The summed E-state index contributed by atoms with van der Waals surface area (Å²) in [4.78, 5) is 25.4. The van der Waals surface area contributed by atoms with Crippen molar-refractivity contribution in [1.82, 2.24) is 0 Å². The highest BCUT2D eigenvalue weighted by Gasteiger charge is 2.33. The van der Waals surface area contributed by atoms with Gasteiger partial charge in [-0.2, -0.15) is 11.3 Å². The highest BCUT2D eigenvalue weighted by molar-refractivity contribution is 7.08. The van der Waals surface area contributed by atoms with Crippen LogP contribution in [0.4, 0.5) is 0 Å². The summed E-state index contributed by atoms with van der Waals surface area (Å²) in [7, 11) is 1.57. The van der Waals surface area contributed by atoms with Gasteiger partial charge in [-0.15, -0.1) is 0 Å². The van der Waals surface area contributed by atoms with E-state index in [1.807, 2.05) is 16.8 Å². The summed E-state index contributed by atoms with van der Waals surface area (Å²) >= 11 is 1.52. The fourth-order valence-electron chi connectivity index (χ4n) is 3.86. The van der Waals surface area contributed by atoms with Crippen LogP contribution in [0.2, 0.25) is 0 Å². The van der Waals surface area contributed by atoms with Gasteiger partial charge in [-0.05, 0) is 40.1 Å². The molecule has 0 amide bonds. The van der Waals surface area contributed by atoms with E-state index < -0.39 is 5.97 Å². The molecule has 7 heteroatoms. The largest absolute Gasteiger partial charge is 0.507 e. The van der Waals surface area contributed by atoms with Crippen molar-refractivity contribution >= 4 is 28.3 Å². The fraction of sp³-hybridized carbons (Fsp3) is 0.130. The third-order valence-electron chi connectivity index (χ3n) is 5.32. The van der Waals surface area contributed by atoms with Gasteiger partial charge in [-0.1, -0.05) is 12.1 Å². The first kappa shape index (κ1) is 18.4. The van der Waals surface area contributed by atoms with Crippen molar-refractivity contribution in [3.63, 3.8) is 0 Å². The number of aromatic hydroxyl groups is 1. The Kier molecular flexibility index (Phi) is 4.33. The molecule has 0 saturated heterocycles. The highest BCUT2D eigenvalue weighted by atomic mass is 32.1. The summed E-state index contributed by atoms with van der Waals surface area (Å²) in [6.07, 6.45) is 1.51. The normalized spacial score (nSPS) is 15.6. The SMILES string of the molecule is COc1ccc(-c2coc3c4c(cc(O)c3c2=O)OC(=O)C[C@H]4c2ccsc2)cc1. The summed E-state index contributed by atoms with van der Waals surface area (Å²) < 4.78 is 16.4. The molecule has 6 nitrogen and oxygen atoms in total.